The first-order valence-electron chi connectivity index (χ1n) is 7.55. The molecule has 1 aliphatic rings. The fraction of sp³-hybridized carbons (Fsp3) is 0.0556. The van der Waals surface area contributed by atoms with E-state index in [1.807, 2.05) is 0 Å². The Labute approximate surface area is 161 Å². The number of hydrogen-bond donors (Lipinski definition) is 1. The molecule has 0 saturated heterocycles. The molecule has 26 heavy (non-hydrogen) atoms. The predicted molar refractivity (Wildman–Crippen MR) is 101 cm³/mol. The topological polar surface area (TPSA) is 71.7 Å². The molecule has 0 radical (unpaired) electrons. The number of rotatable bonds is 3. The van der Waals surface area contributed by atoms with E-state index < -0.39 is 10.8 Å². The van der Waals surface area contributed by atoms with Crippen LogP contribution in [0.25, 0.3) is 5.57 Å². The minimum absolute atomic E-state index is 0.0669. The van der Waals surface area contributed by atoms with Gasteiger partial charge in [-0.25, -0.2) is 4.99 Å². The van der Waals surface area contributed by atoms with Gasteiger partial charge in [0.25, 0.3) is 5.91 Å². The Bertz CT molecular complexity index is 1240. The summed E-state index contributed by atoms with van der Waals surface area (Å²) < 4.78 is 1.18. The zero-order chi connectivity index (χ0) is 18.4. The van der Waals surface area contributed by atoms with Gasteiger partial charge in [0.2, 0.25) is 5.88 Å². The second-order valence-corrected chi connectivity index (χ2v) is 7.46. The summed E-state index contributed by atoms with van der Waals surface area (Å²) in [7, 11) is 0. The van der Waals surface area contributed by atoms with Crippen LogP contribution in [-0.4, -0.2) is 15.6 Å². The largest absolute Gasteiger partial charge is 0.493 e. The molecule has 0 aliphatic carbocycles. The SMILES string of the molecule is O=C1N=c2ccccc2=C1c1sc(=O)n(Cc2ccc(Cl)cc2Cl)c1O. The first-order chi connectivity index (χ1) is 12.5. The van der Waals surface area contributed by atoms with E-state index in [0.29, 0.717) is 26.2 Å². The number of benzene rings is 2. The number of nitrogens with zero attached hydrogens (tertiary/aromatic N) is 2. The molecule has 1 amide bonds. The van der Waals surface area contributed by atoms with Crippen LogP contribution in [0.15, 0.2) is 52.3 Å². The summed E-state index contributed by atoms with van der Waals surface area (Å²) in [6, 6.07) is 11.9. The monoisotopic (exact) mass is 404 g/mol. The van der Waals surface area contributed by atoms with E-state index in [4.69, 9.17) is 23.2 Å². The summed E-state index contributed by atoms with van der Waals surface area (Å²) in [5.74, 6) is -0.749. The molecule has 2 heterocycles. The molecule has 1 aliphatic heterocycles. The van der Waals surface area contributed by atoms with Crippen molar-refractivity contribution in [3.8, 4) is 5.88 Å². The predicted octanol–water partition coefficient (Wildman–Crippen LogP) is 2.33. The highest BCUT2D eigenvalue weighted by Gasteiger charge is 2.26. The number of carbonyl (C=O) groups excluding carboxylic acids is 1. The van der Waals surface area contributed by atoms with Crippen LogP contribution < -0.4 is 15.4 Å². The van der Waals surface area contributed by atoms with Crippen LogP contribution in [0.4, 0.5) is 0 Å². The number of aromatic hydroxyl groups is 1. The van der Waals surface area contributed by atoms with Crippen LogP contribution >= 0.6 is 34.5 Å². The number of fused-ring (bicyclic) bond motifs is 1. The van der Waals surface area contributed by atoms with Crippen LogP contribution in [0.3, 0.4) is 0 Å². The zero-order valence-corrected chi connectivity index (χ0v) is 15.4. The molecule has 4 rings (SSSR count). The van der Waals surface area contributed by atoms with Crippen LogP contribution in [-0.2, 0) is 11.3 Å². The highest BCUT2D eigenvalue weighted by molar-refractivity contribution is 7.11. The number of amides is 1. The lowest BCUT2D eigenvalue weighted by molar-refractivity contribution is -0.112. The average Bonchev–Trinajstić information content (AvgIpc) is 3.07. The third-order valence-corrected chi connectivity index (χ3v) is 5.62. The smallest absolute Gasteiger partial charge is 0.310 e. The Morgan fingerprint density at radius 1 is 1.12 bits per heavy atom. The molecule has 0 atom stereocenters. The van der Waals surface area contributed by atoms with Crippen molar-refractivity contribution in [2.75, 3.05) is 0 Å². The summed E-state index contributed by atoms with van der Waals surface area (Å²) in [4.78, 5) is 28.5. The molecule has 130 valence electrons. The van der Waals surface area contributed by atoms with Crippen molar-refractivity contribution < 1.29 is 9.90 Å². The van der Waals surface area contributed by atoms with Crippen molar-refractivity contribution in [2.45, 2.75) is 6.54 Å². The van der Waals surface area contributed by atoms with E-state index >= 15 is 0 Å². The maximum Gasteiger partial charge on any atom is 0.310 e. The Kier molecular flexibility index (Phi) is 4.19. The number of halogens is 2. The summed E-state index contributed by atoms with van der Waals surface area (Å²) in [6.07, 6.45) is 0. The molecule has 0 saturated carbocycles. The zero-order valence-electron chi connectivity index (χ0n) is 13.1. The van der Waals surface area contributed by atoms with E-state index in [1.54, 1.807) is 42.5 Å². The molecule has 3 aromatic rings. The average molecular weight is 405 g/mol. The molecular formula is C18H10Cl2N2O3S. The molecule has 0 unspecified atom stereocenters. The lowest BCUT2D eigenvalue weighted by Gasteiger charge is -2.07. The maximum atomic E-state index is 12.4. The normalized spacial score (nSPS) is 13.0. The van der Waals surface area contributed by atoms with Crippen LogP contribution in [0.1, 0.15) is 10.4 Å². The molecule has 5 nitrogen and oxygen atoms in total. The van der Waals surface area contributed by atoms with Crippen molar-refractivity contribution in [1.82, 2.24) is 4.57 Å². The van der Waals surface area contributed by atoms with Crippen LogP contribution in [0, 0.1) is 0 Å². The number of hydrogen-bond acceptors (Lipinski definition) is 4. The van der Waals surface area contributed by atoms with E-state index in [2.05, 4.69) is 4.99 Å². The third-order valence-electron chi connectivity index (χ3n) is 4.05. The van der Waals surface area contributed by atoms with Gasteiger partial charge in [0.15, 0.2) is 0 Å². The summed E-state index contributed by atoms with van der Waals surface area (Å²) >= 11 is 12.8. The fourth-order valence-corrected chi connectivity index (χ4v) is 4.21. The summed E-state index contributed by atoms with van der Waals surface area (Å²) in [6.45, 7) is 0.0669. The molecular weight excluding hydrogens is 395 g/mol. The minimum atomic E-state index is -0.473. The van der Waals surface area contributed by atoms with Crippen molar-refractivity contribution in [2.24, 2.45) is 4.99 Å². The molecule has 0 spiro atoms. The van der Waals surface area contributed by atoms with Gasteiger partial charge in [0, 0.05) is 15.3 Å². The van der Waals surface area contributed by atoms with Crippen LogP contribution in [0.2, 0.25) is 10.0 Å². The second-order valence-electron chi connectivity index (χ2n) is 5.65. The van der Waals surface area contributed by atoms with Crippen molar-refractivity contribution in [3.05, 3.63) is 83.2 Å². The first kappa shape index (κ1) is 17.0. The Morgan fingerprint density at radius 2 is 1.88 bits per heavy atom. The number of aromatic nitrogens is 1. The number of carbonyl (C=O) groups is 1. The van der Waals surface area contributed by atoms with E-state index in [-0.39, 0.29) is 22.9 Å². The Morgan fingerprint density at radius 3 is 2.65 bits per heavy atom. The van der Waals surface area contributed by atoms with Gasteiger partial charge in [-0.05, 0) is 23.8 Å². The van der Waals surface area contributed by atoms with Crippen molar-refractivity contribution >= 4 is 46.0 Å². The minimum Gasteiger partial charge on any atom is -0.493 e. The third kappa shape index (κ3) is 2.76. The molecule has 2 aromatic carbocycles. The van der Waals surface area contributed by atoms with Gasteiger partial charge in [0.05, 0.1) is 17.5 Å². The summed E-state index contributed by atoms with van der Waals surface area (Å²) in [5, 5.41) is 12.6. The van der Waals surface area contributed by atoms with Gasteiger partial charge in [-0.1, -0.05) is 58.8 Å². The van der Waals surface area contributed by atoms with Gasteiger partial charge >= 0.3 is 4.87 Å². The summed E-state index contributed by atoms with van der Waals surface area (Å²) in [5.41, 5.74) is 0.867. The van der Waals surface area contributed by atoms with Gasteiger partial charge in [-0.3, -0.25) is 14.2 Å². The Balaban J connectivity index is 1.86. The maximum absolute atomic E-state index is 12.4. The lowest BCUT2D eigenvalue weighted by Crippen LogP contribution is -2.22. The molecule has 1 aromatic heterocycles. The Hall–Kier alpha value is -2.41. The number of thiazole rings is 1. The van der Waals surface area contributed by atoms with Crippen LogP contribution in [0.5, 0.6) is 5.88 Å². The quantitative estimate of drug-likeness (QED) is 0.727. The molecule has 0 bridgehead atoms. The second kappa shape index (κ2) is 6.39. The van der Waals surface area contributed by atoms with Crippen molar-refractivity contribution in [1.29, 1.82) is 0 Å². The molecule has 1 N–H and O–H groups in total. The van der Waals surface area contributed by atoms with E-state index in [1.165, 1.54) is 4.57 Å². The highest BCUT2D eigenvalue weighted by Crippen LogP contribution is 2.30. The fourth-order valence-electron chi connectivity index (χ4n) is 2.80. The molecule has 0 fully saturated rings. The standard InChI is InChI=1S/C18H10Cl2N2O3S/c19-10-6-5-9(12(20)7-10)8-22-17(24)15(26-18(22)25)14-11-3-1-2-4-13(11)21-16(14)23/h1-7,24H,8H2. The van der Waals surface area contributed by atoms with Crippen molar-refractivity contribution in [3.63, 3.8) is 0 Å². The van der Waals surface area contributed by atoms with Gasteiger partial charge in [-0.15, -0.1) is 0 Å². The van der Waals surface area contributed by atoms with Gasteiger partial charge in [-0.2, -0.15) is 0 Å². The van der Waals surface area contributed by atoms with Gasteiger partial charge in [0.1, 0.15) is 4.88 Å². The highest BCUT2D eigenvalue weighted by atomic mass is 35.5. The first-order valence-corrected chi connectivity index (χ1v) is 9.12. The van der Waals surface area contributed by atoms with E-state index in [0.717, 1.165) is 11.3 Å². The molecule has 8 heteroatoms. The lowest BCUT2D eigenvalue weighted by atomic mass is 10.1. The number of para-hydroxylation sites is 1. The van der Waals surface area contributed by atoms with Gasteiger partial charge < -0.3 is 5.11 Å². The van der Waals surface area contributed by atoms with E-state index in [9.17, 15) is 14.7 Å².